The van der Waals surface area contributed by atoms with Gasteiger partial charge in [0.1, 0.15) is 5.75 Å². The van der Waals surface area contributed by atoms with E-state index < -0.39 is 0 Å². The monoisotopic (exact) mass is 276 g/mol. The van der Waals surface area contributed by atoms with Crippen molar-refractivity contribution in [1.29, 1.82) is 0 Å². The van der Waals surface area contributed by atoms with Crippen molar-refractivity contribution >= 4 is 5.69 Å². The lowest BCUT2D eigenvalue weighted by Crippen LogP contribution is -2.54. The molecule has 0 aromatic heterocycles. The minimum Gasteiger partial charge on any atom is -0.508 e. The maximum Gasteiger partial charge on any atom is 0.115 e. The van der Waals surface area contributed by atoms with Gasteiger partial charge in [-0.15, -0.1) is 0 Å². The lowest BCUT2D eigenvalue weighted by atomic mass is 9.91. The molecule has 2 fully saturated rings. The van der Waals surface area contributed by atoms with Crippen LogP contribution in [-0.2, 0) is 0 Å². The Balaban J connectivity index is 1.57. The Kier molecular flexibility index (Phi) is 4.13. The molecule has 2 atom stereocenters. The Morgan fingerprint density at radius 1 is 0.900 bits per heavy atom. The van der Waals surface area contributed by atoms with E-state index in [0.717, 1.165) is 39.0 Å². The van der Waals surface area contributed by atoms with E-state index in [1.165, 1.54) is 18.5 Å². The van der Waals surface area contributed by atoms with Crippen LogP contribution in [0.5, 0.6) is 5.75 Å². The van der Waals surface area contributed by atoms with Crippen LogP contribution in [0.3, 0.4) is 0 Å². The van der Waals surface area contributed by atoms with Crippen molar-refractivity contribution in [2.45, 2.75) is 37.8 Å². The average Bonchev–Trinajstić information content (AvgIpc) is 2.49. The molecule has 2 unspecified atom stereocenters. The summed E-state index contributed by atoms with van der Waals surface area (Å²) in [7, 11) is 0. The fourth-order valence-electron chi connectivity index (χ4n) is 3.49. The summed E-state index contributed by atoms with van der Waals surface area (Å²) < 4.78 is 0. The predicted octanol–water partition coefficient (Wildman–Crippen LogP) is 1.82. The molecule has 1 aliphatic heterocycles. The molecule has 20 heavy (non-hydrogen) atoms. The fourth-order valence-corrected chi connectivity index (χ4v) is 3.49. The third kappa shape index (κ3) is 2.91. The predicted molar refractivity (Wildman–Crippen MR) is 80.2 cm³/mol. The van der Waals surface area contributed by atoms with Gasteiger partial charge in [-0.25, -0.2) is 0 Å². The van der Waals surface area contributed by atoms with Crippen molar-refractivity contribution in [3.05, 3.63) is 24.3 Å². The fraction of sp³-hybridized carbons (Fsp3) is 0.625. The first-order valence-corrected chi connectivity index (χ1v) is 7.70. The summed E-state index contributed by atoms with van der Waals surface area (Å²) in [6.07, 6.45) is 4.39. The molecule has 1 heterocycles. The molecule has 2 N–H and O–H groups in total. The molecule has 110 valence electrons. The summed E-state index contributed by atoms with van der Waals surface area (Å²) in [5.74, 6) is 0.317. The van der Waals surface area contributed by atoms with E-state index >= 15 is 0 Å². The number of aliphatic hydroxyl groups excluding tert-OH is 1. The van der Waals surface area contributed by atoms with E-state index in [2.05, 4.69) is 9.80 Å². The number of nitrogens with zero attached hydrogens (tertiary/aromatic N) is 2. The molecular formula is C16H24N2O2. The first-order chi connectivity index (χ1) is 9.74. The van der Waals surface area contributed by atoms with E-state index in [1.54, 1.807) is 12.1 Å². The molecule has 0 bridgehead atoms. The van der Waals surface area contributed by atoms with Gasteiger partial charge in [0.25, 0.3) is 0 Å². The Hall–Kier alpha value is -1.26. The molecule has 1 saturated heterocycles. The number of phenols is 1. The second-order valence-electron chi connectivity index (χ2n) is 5.96. The molecule has 4 heteroatoms. The quantitative estimate of drug-likeness (QED) is 0.865. The lowest BCUT2D eigenvalue weighted by molar-refractivity contribution is 0.0173. The first-order valence-electron chi connectivity index (χ1n) is 7.70. The van der Waals surface area contributed by atoms with E-state index in [0.29, 0.717) is 11.8 Å². The molecule has 2 aliphatic rings. The van der Waals surface area contributed by atoms with Gasteiger partial charge >= 0.3 is 0 Å². The second-order valence-corrected chi connectivity index (χ2v) is 5.96. The van der Waals surface area contributed by atoms with Gasteiger partial charge in [-0.1, -0.05) is 12.8 Å². The second kappa shape index (κ2) is 6.02. The highest BCUT2D eigenvalue weighted by Gasteiger charge is 2.30. The van der Waals surface area contributed by atoms with Crippen molar-refractivity contribution in [2.75, 3.05) is 31.1 Å². The maximum atomic E-state index is 10.2. The van der Waals surface area contributed by atoms with Crippen molar-refractivity contribution in [3.63, 3.8) is 0 Å². The van der Waals surface area contributed by atoms with Gasteiger partial charge in [0.05, 0.1) is 6.10 Å². The topological polar surface area (TPSA) is 46.9 Å². The van der Waals surface area contributed by atoms with Gasteiger partial charge in [-0.05, 0) is 37.1 Å². The number of piperazine rings is 1. The zero-order valence-electron chi connectivity index (χ0n) is 11.9. The highest BCUT2D eigenvalue weighted by molar-refractivity contribution is 5.49. The summed E-state index contributed by atoms with van der Waals surface area (Å²) in [6, 6.07) is 7.80. The zero-order valence-corrected chi connectivity index (χ0v) is 11.9. The summed E-state index contributed by atoms with van der Waals surface area (Å²) >= 11 is 0. The van der Waals surface area contributed by atoms with Crippen LogP contribution in [0.4, 0.5) is 5.69 Å². The molecule has 1 saturated carbocycles. The van der Waals surface area contributed by atoms with Gasteiger partial charge in [0.2, 0.25) is 0 Å². The first kappa shape index (κ1) is 13.7. The van der Waals surface area contributed by atoms with E-state index in [-0.39, 0.29) is 6.10 Å². The number of anilines is 1. The van der Waals surface area contributed by atoms with E-state index in [4.69, 9.17) is 0 Å². The van der Waals surface area contributed by atoms with Crippen molar-refractivity contribution in [3.8, 4) is 5.75 Å². The van der Waals surface area contributed by atoms with E-state index in [9.17, 15) is 10.2 Å². The zero-order chi connectivity index (χ0) is 13.9. The molecule has 3 rings (SSSR count). The molecular weight excluding hydrogens is 252 g/mol. The number of benzene rings is 1. The number of hydrogen-bond donors (Lipinski definition) is 2. The van der Waals surface area contributed by atoms with Gasteiger partial charge in [0.15, 0.2) is 0 Å². The highest BCUT2D eigenvalue weighted by Crippen LogP contribution is 2.26. The van der Waals surface area contributed by atoms with Crippen LogP contribution in [0.15, 0.2) is 24.3 Å². The van der Waals surface area contributed by atoms with Crippen molar-refractivity contribution < 1.29 is 10.2 Å². The summed E-state index contributed by atoms with van der Waals surface area (Å²) in [5.41, 5.74) is 1.17. The van der Waals surface area contributed by atoms with Crippen LogP contribution in [0.1, 0.15) is 25.7 Å². The SMILES string of the molecule is Oc1ccc(N2CCN(C3CCCCC3O)CC2)cc1. The van der Waals surface area contributed by atoms with E-state index in [1.807, 2.05) is 12.1 Å². The van der Waals surface area contributed by atoms with Gasteiger partial charge in [0, 0.05) is 37.9 Å². The van der Waals surface area contributed by atoms with Crippen LogP contribution in [-0.4, -0.2) is 53.4 Å². The van der Waals surface area contributed by atoms with Gasteiger partial charge < -0.3 is 15.1 Å². The number of rotatable bonds is 2. The Bertz CT molecular complexity index is 427. The minimum absolute atomic E-state index is 0.135. The van der Waals surface area contributed by atoms with Crippen LogP contribution in [0, 0.1) is 0 Å². The standard InChI is InChI=1S/C16H24N2O2/c19-14-7-5-13(6-8-14)17-9-11-18(12-10-17)15-3-1-2-4-16(15)20/h5-8,15-16,19-20H,1-4,9-12H2. The number of phenolic OH excluding ortho intramolecular Hbond substituents is 1. The normalized spacial score (nSPS) is 28.6. The largest absolute Gasteiger partial charge is 0.508 e. The Morgan fingerprint density at radius 3 is 2.20 bits per heavy atom. The number of hydrogen-bond acceptors (Lipinski definition) is 4. The number of aromatic hydroxyl groups is 1. The molecule has 1 aliphatic carbocycles. The van der Waals surface area contributed by atoms with Gasteiger partial charge in [-0.3, -0.25) is 4.90 Å². The number of aliphatic hydroxyl groups is 1. The minimum atomic E-state index is -0.135. The Morgan fingerprint density at radius 2 is 1.55 bits per heavy atom. The maximum absolute atomic E-state index is 10.2. The van der Waals surface area contributed by atoms with Crippen LogP contribution in [0.2, 0.25) is 0 Å². The summed E-state index contributed by atoms with van der Waals surface area (Å²) in [6.45, 7) is 4.02. The third-order valence-corrected chi connectivity index (χ3v) is 4.69. The molecule has 0 radical (unpaired) electrons. The van der Waals surface area contributed by atoms with Gasteiger partial charge in [-0.2, -0.15) is 0 Å². The van der Waals surface area contributed by atoms with Crippen molar-refractivity contribution in [2.24, 2.45) is 0 Å². The summed E-state index contributed by atoms with van der Waals surface area (Å²) in [4.78, 5) is 4.81. The van der Waals surface area contributed by atoms with Crippen LogP contribution < -0.4 is 4.90 Å². The lowest BCUT2D eigenvalue weighted by Gasteiger charge is -2.43. The molecule has 1 aromatic rings. The molecule has 1 aromatic carbocycles. The van der Waals surface area contributed by atoms with Crippen LogP contribution in [0.25, 0.3) is 0 Å². The van der Waals surface area contributed by atoms with Crippen LogP contribution >= 0.6 is 0 Å². The average molecular weight is 276 g/mol. The van der Waals surface area contributed by atoms with Crippen molar-refractivity contribution in [1.82, 2.24) is 4.90 Å². The smallest absolute Gasteiger partial charge is 0.115 e. The summed E-state index contributed by atoms with van der Waals surface area (Å²) in [5, 5.41) is 19.5. The third-order valence-electron chi connectivity index (χ3n) is 4.69. The highest BCUT2D eigenvalue weighted by atomic mass is 16.3. The molecule has 0 amide bonds. The molecule has 0 spiro atoms. The molecule has 4 nitrogen and oxygen atoms in total. The Labute approximate surface area is 120 Å².